The Balaban J connectivity index is -0.000000443. The van der Waals surface area contributed by atoms with Crippen LogP contribution in [0.2, 0.25) is 0 Å². The molecule has 32 nitrogen and oxygen atoms in total. The fourth-order valence-electron chi connectivity index (χ4n) is 14.4. The third-order valence-electron chi connectivity index (χ3n) is 22.1. The zero-order valence-corrected chi connectivity index (χ0v) is 109. The van der Waals surface area contributed by atoms with Gasteiger partial charge in [-0.2, -0.15) is 0 Å². The molecule has 6 atom stereocenters. The number of phenolic OH excluding ortho intramolecular Hbond substituents is 4. The van der Waals surface area contributed by atoms with Gasteiger partial charge in [0.05, 0.1) is 14.2 Å². The van der Waals surface area contributed by atoms with Gasteiger partial charge >= 0.3 is 124 Å². The average molecular weight is 2260 g/mol. The molecule has 0 amide bonds. The number of carboxylic acid groups (broad SMARTS) is 6. The minimum atomic E-state index is -1.08. The van der Waals surface area contributed by atoms with Gasteiger partial charge in [-0.25, -0.2) is 0 Å². The molecule has 0 aromatic heterocycles. The summed E-state index contributed by atoms with van der Waals surface area (Å²) in [5.74, 6) is -2.99. The molecule has 792 valence electrons. The van der Waals surface area contributed by atoms with Crippen molar-refractivity contribution in [3.05, 3.63) is 226 Å². The van der Waals surface area contributed by atoms with Crippen molar-refractivity contribution in [3.8, 4) is 46.0 Å². The first-order valence-electron chi connectivity index (χ1n) is 47.3. The van der Waals surface area contributed by atoms with Crippen LogP contribution in [-0.2, 0) is 157 Å². The largest absolute Gasteiger partial charge is 2.00 e. The molecule has 3 heterocycles. The third kappa shape index (κ3) is 59.9. The van der Waals surface area contributed by atoms with Crippen LogP contribution in [0.3, 0.4) is 0 Å². The molecular weight excluding hydrogens is 2100 g/mol. The average Bonchev–Trinajstić information content (AvgIpc) is 0.804. The second-order valence-electron chi connectivity index (χ2n) is 43.2. The number of carbonyl (C=O) groups excluding carboxylic acids is 2. The first-order valence-corrected chi connectivity index (χ1v) is 47.3. The molecule has 8 N–H and O–H groups in total. The van der Waals surface area contributed by atoms with Crippen LogP contribution in [-0.4, -0.2) is 216 Å². The number of nitrogens with zero attached hydrogens (tertiary/aromatic N) is 12. The van der Waals surface area contributed by atoms with Crippen LogP contribution in [0.5, 0.6) is 46.0 Å². The van der Waals surface area contributed by atoms with Crippen LogP contribution >= 0.6 is 0 Å². The summed E-state index contributed by atoms with van der Waals surface area (Å²) in [4.78, 5) is 53.8. The number of hydrogen-bond acceptors (Lipinski definition) is 16. The maximum atomic E-state index is 13.8. The molecule has 0 saturated heterocycles. The van der Waals surface area contributed by atoms with E-state index in [1.807, 2.05) is 109 Å². The van der Waals surface area contributed by atoms with E-state index in [4.69, 9.17) is 133 Å². The fraction of sp³-hybridized carbons (Fsp3) is 0.611. The van der Waals surface area contributed by atoms with E-state index in [0.717, 1.165) is 131 Å². The fourth-order valence-corrected chi connectivity index (χ4v) is 14.4. The minimum absolute atomic E-state index is 0. The van der Waals surface area contributed by atoms with Gasteiger partial charge in [0.2, 0.25) is 0 Å². The predicted molar refractivity (Wildman–Crippen MR) is 564 cm³/mol. The Labute approximate surface area is 955 Å². The zero-order valence-electron chi connectivity index (χ0n) is 94.2. The molecule has 6 unspecified atom stereocenters. The third-order valence-corrected chi connectivity index (χ3v) is 22.1. The van der Waals surface area contributed by atoms with Crippen molar-refractivity contribution in [1.82, 2.24) is 0 Å². The second-order valence-corrected chi connectivity index (χ2v) is 43.2. The normalized spacial score (nSPS) is 19.4. The van der Waals surface area contributed by atoms with E-state index in [1.165, 1.54) is 0 Å². The Hall–Kier alpha value is -5.91. The Kier molecular flexibility index (Phi) is 72.7. The molecule has 0 radical (unpaired) electrons. The number of methoxy groups -OCH3 is 2. The Morgan fingerprint density at radius 3 is 0.692 bits per heavy atom. The summed E-state index contributed by atoms with van der Waals surface area (Å²) < 4.78 is 11.0. The number of carbonyl (C=O) groups is 6. The van der Waals surface area contributed by atoms with Crippen molar-refractivity contribution < 1.29 is 177 Å². The number of phenols is 4. The second kappa shape index (κ2) is 70.4. The number of benzene rings is 6. The van der Waals surface area contributed by atoms with Crippen molar-refractivity contribution in [2.45, 2.75) is 308 Å². The number of ether oxygens (including phenoxy) is 2. The topological polar surface area (TPSA) is 544 Å². The molecule has 0 fully saturated rings. The molecule has 12 bridgehead atoms. The summed E-state index contributed by atoms with van der Waals surface area (Å²) in [6, 6.07) is 22.4. The van der Waals surface area contributed by atoms with E-state index >= 15 is 0 Å². The van der Waals surface area contributed by atoms with Crippen molar-refractivity contribution in [2.24, 2.45) is 32.5 Å². The van der Waals surface area contributed by atoms with Crippen molar-refractivity contribution in [2.75, 3.05) is 92.8 Å². The van der Waals surface area contributed by atoms with Crippen LogP contribution in [0.15, 0.2) is 72.8 Å². The van der Waals surface area contributed by atoms with Crippen molar-refractivity contribution >= 4 is 81.9 Å². The number of aryl methyl sites for hydroxylation is 2. The summed E-state index contributed by atoms with van der Waals surface area (Å²) in [7, 11) is 3.25. The first kappa shape index (κ1) is 151. The number of rotatable bonds is 2. The molecule has 3 aliphatic rings. The molecule has 0 saturated carbocycles. The van der Waals surface area contributed by atoms with Crippen molar-refractivity contribution in [3.63, 3.8) is 0 Å². The van der Waals surface area contributed by atoms with E-state index in [0.29, 0.717) is 141 Å². The van der Waals surface area contributed by atoms with Crippen LogP contribution < -0.4 is 29.9 Å². The van der Waals surface area contributed by atoms with Crippen LogP contribution in [0.1, 0.15) is 333 Å². The van der Waals surface area contributed by atoms with E-state index in [2.05, 4.69) is 144 Å². The summed E-state index contributed by atoms with van der Waals surface area (Å²) in [6.45, 7) is 70.6. The molecule has 0 aliphatic carbocycles. The SMILES string of the molecule is CC(=O)O.CC(=O)O.CC(=O)O.CC(=O)O.CC(=O)[O-].CC(=O)[O-].CC1[N-]CC(C)(C)C[N-]Cc2cc(C(C)(C)C)cc(c2[O-])C[N-]CC(C)(C)C[N-]C(C)c2cc(C(C)(C)C)cc1c2[O-].COc1cc2c(O)c(c1)C[N-]CC(C)(C)C[N-]C(C)c1cc(OC)cc(c1O)C(C)[N-]CC(C)(C)C[N-]C2.Cc1cc2c(O)c(c1)C[N-]CC(C)(C)C[N-]C(C)c1cc(C)cc(c1O)C(C)[N-]CC(C)(C)C[N-]C2.[Mg+2].[Mg+2].[Zn+2].[Zn+2].[Zn+2].[Zn+2]. The number of hydrogen-bond donors (Lipinski definition) is 8. The van der Waals surface area contributed by atoms with Crippen LogP contribution in [0, 0.1) is 46.3 Å². The van der Waals surface area contributed by atoms with Crippen molar-refractivity contribution in [1.29, 1.82) is 0 Å². The minimum Gasteiger partial charge on any atom is -0.872 e. The number of carboxylic acids is 6. The molecule has 146 heavy (non-hydrogen) atoms. The van der Waals surface area contributed by atoms with Gasteiger partial charge in [-0.05, 0) is 118 Å². The Bertz CT molecular complexity index is 4600. The zero-order chi connectivity index (χ0) is 108. The van der Waals surface area contributed by atoms with Gasteiger partial charge in [0, 0.05) is 39.6 Å². The maximum absolute atomic E-state index is 13.8. The smallest absolute Gasteiger partial charge is 0.872 e. The Morgan fingerprint density at radius 2 is 0.479 bits per heavy atom. The van der Waals surface area contributed by atoms with Gasteiger partial charge in [0.25, 0.3) is 23.9 Å². The Morgan fingerprint density at radius 1 is 0.301 bits per heavy atom. The summed E-state index contributed by atoms with van der Waals surface area (Å²) in [5.41, 5.74) is 12.4. The van der Waals surface area contributed by atoms with Gasteiger partial charge in [0.15, 0.2) is 0 Å². The molecule has 6 aromatic carbocycles. The number of fused-ring (bicyclic) bond motifs is 12. The van der Waals surface area contributed by atoms with E-state index in [-0.39, 0.29) is 227 Å². The molecule has 9 rings (SSSR count). The number of aliphatic carboxylic acids is 6. The van der Waals surface area contributed by atoms with Gasteiger partial charge in [-0.3, -0.25) is 19.2 Å². The van der Waals surface area contributed by atoms with Gasteiger partial charge in [0.1, 0.15) is 34.5 Å². The van der Waals surface area contributed by atoms with Crippen LogP contribution in [0.25, 0.3) is 63.8 Å². The standard InChI is InChI=1S/C36H56N4O2.C30H44N4O4.C30H44N4O2.6C2H4O2.2Mg.4Zn/c1-23-29-15-28(34(6,7)8)16-30(32(29)42)24(2)40-22-36(11,12)20-38-18-26-14-27(33(3,4)5)13-25(31(26)41)17-37-19-35(9,10)21-39-23;1-19-25-11-24(38-8)12-26(28(25)36)20(2)34-18-30(5,6)16-32-14-22-10-23(37-7)9-21(27(22)35)13-31-15-29(3,4)17-33-19;1-19-9-23-13-31-15-29(5,6)17-33-21(3)25-11-20(2)12-26(28(25)36)22(4)34-18-30(7,8)16-32-14-24(10-19)27(23)35;6*1-2(3)4;;;;;;/h13-16,23-24,41-42H,17-22H2,1-12H3;9-12,19-20,35-36H,13-18H2,1-8H3;9-12,21-22,35-36H,13-18H2,1-8H3;6*1H3,(H,3,4);;;;;;/q3*-4;;;;;;;6*+2/p-4. The quantitative estimate of drug-likeness (QED) is 0.0746. The predicted octanol–water partition coefficient (Wildman–Crippen LogP) is 21.5. The molecule has 3 aliphatic heterocycles. The maximum Gasteiger partial charge on any atom is 2.00 e. The van der Waals surface area contributed by atoms with E-state index in [1.54, 1.807) is 14.2 Å². The van der Waals surface area contributed by atoms with Gasteiger partial charge < -0.3 is 144 Å². The number of aromatic hydroxyl groups is 4. The van der Waals surface area contributed by atoms with Crippen LogP contribution in [0.4, 0.5) is 0 Å². The van der Waals surface area contributed by atoms with E-state index in [9.17, 15) is 30.6 Å². The first-order chi connectivity index (χ1) is 64.2. The molecule has 6 aromatic rings. The summed E-state index contributed by atoms with van der Waals surface area (Å²) in [6.07, 6.45) is 0. The summed E-state index contributed by atoms with van der Waals surface area (Å²) >= 11 is 0. The van der Waals surface area contributed by atoms with Gasteiger partial charge in [-0.1, -0.05) is 281 Å². The molecule has 38 heteroatoms. The van der Waals surface area contributed by atoms with Gasteiger partial charge in [-0.15, -0.1) is 166 Å². The van der Waals surface area contributed by atoms with E-state index < -0.39 is 35.8 Å². The molecule has 0 spiro atoms. The molecular formula is C108H164Mg2N12O20Zn4-4. The monoisotopic (exact) mass is 2250 g/mol. The summed E-state index contributed by atoms with van der Waals surface area (Å²) in [5, 5.41) is 177.